The van der Waals surface area contributed by atoms with Gasteiger partial charge in [0.15, 0.2) is 5.65 Å². The van der Waals surface area contributed by atoms with Crippen molar-refractivity contribution in [3.8, 4) is 10.9 Å². The Labute approximate surface area is 185 Å². The van der Waals surface area contributed by atoms with Crippen molar-refractivity contribution in [2.75, 3.05) is 13.2 Å². The lowest BCUT2D eigenvalue weighted by Crippen LogP contribution is -2.30. The fraction of sp³-hybridized carbons (Fsp3) is 0.208. The van der Waals surface area contributed by atoms with E-state index in [1.807, 2.05) is 61.5 Å². The normalized spacial score (nSPS) is 11.0. The molecular weight excluding hydrogens is 410 g/mol. The highest BCUT2D eigenvalue weighted by atomic mass is 32.1. The van der Waals surface area contributed by atoms with E-state index in [9.17, 15) is 4.79 Å². The summed E-state index contributed by atoms with van der Waals surface area (Å²) in [6.07, 6.45) is 1.72. The van der Waals surface area contributed by atoms with Gasteiger partial charge in [-0.25, -0.2) is 4.98 Å². The van der Waals surface area contributed by atoms with Gasteiger partial charge >= 0.3 is 5.97 Å². The standard InChI is InChI=1S/C24H23N3O3S/c1-2-29-22(28)17-27(15-18-7-4-3-5-8-18)16-19-10-12-20(13-11-19)30-24-26-23-21(31-24)9-6-14-25-23/h3-14H,2,15-17H2,1H3. The zero-order valence-electron chi connectivity index (χ0n) is 17.2. The fourth-order valence-corrected chi connectivity index (χ4v) is 4.01. The Morgan fingerprint density at radius 2 is 1.71 bits per heavy atom. The summed E-state index contributed by atoms with van der Waals surface area (Å²) in [5.74, 6) is 0.491. The summed E-state index contributed by atoms with van der Waals surface area (Å²) < 4.78 is 12.0. The number of thiazole rings is 1. The van der Waals surface area contributed by atoms with Gasteiger partial charge in [-0.1, -0.05) is 53.8 Å². The van der Waals surface area contributed by atoms with Gasteiger partial charge in [-0.3, -0.25) is 9.69 Å². The van der Waals surface area contributed by atoms with Gasteiger partial charge in [0, 0.05) is 19.3 Å². The molecule has 0 aliphatic rings. The van der Waals surface area contributed by atoms with Crippen LogP contribution in [0.5, 0.6) is 10.9 Å². The van der Waals surface area contributed by atoms with Crippen LogP contribution < -0.4 is 4.74 Å². The van der Waals surface area contributed by atoms with Crippen LogP contribution in [-0.2, 0) is 22.6 Å². The maximum atomic E-state index is 12.1. The van der Waals surface area contributed by atoms with Crippen LogP contribution >= 0.6 is 11.3 Å². The molecule has 0 bridgehead atoms. The lowest BCUT2D eigenvalue weighted by atomic mass is 10.1. The molecule has 158 valence electrons. The largest absolute Gasteiger partial charge is 0.465 e. The minimum absolute atomic E-state index is 0.220. The van der Waals surface area contributed by atoms with E-state index in [1.54, 1.807) is 6.20 Å². The Morgan fingerprint density at radius 1 is 0.968 bits per heavy atom. The maximum Gasteiger partial charge on any atom is 0.320 e. The second-order valence-corrected chi connectivity index (χ2v) is 7.98. The maximum absolute atomic E-state index is 12.1. The van der Waals surface area contributed by atoms with E-state index >= 15 is 0 Å². The van der Waals surface area contributed by atoms with Crippen molar-refractivity contribution >= 4 is 27.7 Å². The molecule has 0 saturated carbocycles. The molecule has 0 aliphatic heterocycles. The summed E-state index contributed by atoms with van der Waals surface area (Å²) in [5, 5.41) is 0.564. The van der Waals surface area contributed by atoms with Crippen molar-refractivity contribution in [1.29, 1.82) is 0 Å². The highest BCUT2D eigenvalue weighted by molar-refractivity contribution is 7.20. The third kappa shape index (κ3) is 5.87. The molecule has 4 rings (SSSR count). The van der Waals surface area contributed by atoms with Gasteiger partial charge in [-0.05, 0) is 42.3 Å². The molecule has 0 atom stereocenters. The number of aromatic nitrogens is 2. The van der Waals surface area contributed by atoms with E-state index < -0.39 is 0 Å². The van der Waals surface area contributed by atoms with Crippen LogP contribution in [0.2, 0.25) is 0 Å². The molecule has 0 spiro atoms. The molecular formula is C24H23N3O3S. The zero-order chi connectivity index (χ0) is 21.5. The highest BCUT2D eigenvalue weighted by Gasteiger charge is 2.13. The third-order valence-electron chi connectivity index (χ3n) is 4.59. The molecule has 2 heterocycles. The summed E-state index contributed by atoms with van der Waals surface area (Å²) in [7, 11) is 0. The van der Waals surface area contributed by atoms with Gasteiger partial charge in [0.2, 0.25) is 0 Å². The number of fused-ring (bicyclic) bond motifs is 1. The monoisotopic (exact) mass is 433 g/mol. The molecule has 0 aliphatic carbocycles. The molecule has 7 heteroatoms. The van der Waals surface area contributed by atoms with Gasteiger partial charge in [0.1, 0.15) is 5.75 Å². The Balaban J connectivity index is 1.43. The number of esters is 1. The first-order chi connectivity index (χ1) is 15.2. The van der Waals surface area contributed by atoms with Crippen LogP contribution in [0.25, 0.3) is 10.3 Å². The van der Waals surface area contributed by atoms with E-state index in [-0.39, 0.29) is 12.5 Å². The zero-order valence-corrected chi connectivity index (χ0v) is 18.0. The Morgan fingerprint density at radius 3 is 2.42 bits per heavy atom. The van der Waals surface area contributed by atoms with E-state index in [2.05, 4.69) is 27.0 Å². The molecule has 0 unspecified atom stereocenters. The molecule has 31 heavy (non-hydrogen) atoms. The summed E-state index contributed by atoms with van der Waals surface area (Å²) in [6, 6.07) is 21.8. The number of rotatable bonds is 9. The SMILES string of the molecule is CCOC(=O)CN(Cc1ccccc1)Cc1ccc(Oc2nc3ncccc3s2)cc1. The first-order valence-electron chi connectivity index (χ1n) is 10.1. The van der Waals surface area contributed by atoms with E-state index in [0.29, 0.717) is 36.3 Å². The lowest BCUT2D eigenvalue weighted by Gasteiger charge is -2.21. The van der Waals surface area contributed by atoms with Crippen LogP contribution in [-0.4, -0.2) is 34.0 Å². The summed E-state index contributed by atoms with van der Waals surface area (Å²) in [4.78, 5) is 22.8. The number of hydrogen-bond donors (Lipinski definition) is 0. The van der Waals surface area contributed by atoms with Crippen LogP contribution in [0, 0.1) is 0 Å². The predicted octanol–water partition coefficient (Wildman–Crippen LogP) is 5.05. The second kappa shape index (κ2) is 10.1. The third-order valence-corrected chi connectivity index (χ3v) is 5.47. The molecule has 0 fully saturated rings. The van der Waals surface area contributed by atoms with Crippen molar-refractivity contribution in [2.24, 2.45) is 0 Å². The average Bonchev–Trinajstić information content (AvgIpc) is 3.18. The van der Waals surface area contributed by atoms with Crippen LogP contribution in [0.4, 0.5) is 0 Å². The van der Waals surface area contributed by atoms with Gasteiger partial charge in [0.05, 0.1) is 17.9 Å². The number of nitrogens with zero attached hydrogens (tertiary/aromatic N) is 3. The molecule has 2 aromatic carbocycles. The quantitative estimate of drug-likeness (QED) is 0.344. The summed E-state index contributed by atoms with van der Waals surface area (Å²) in [5.41, 5.74) is 2.92. The van der Waals surface area contributed by atoms with Gasteiger partial charge in [0.25, 0.3) is 5.19 Å². The molecule has 4 aromatic rings. The Bertz CT molecular complexity index is 1100. The number of carbonyl (C=O) groups excluding carboxylic acids is 1. The predicted molar refractivity (Wildman–Crippen MR) is 121 cm³/mol. The molecule has 2 aromatic heterocycles. The van der Waals surface area contributed by atoms with E-state index in [1.165, 1.54) is 11.3 Å². The topological polar surface area (TPSA) is 64.5 Å². The Kier molecular flexibility index (Phi) is 6.86. The van der Waals surface area contributed by atoms with E-state index in [4.69, 9.17) is 9.47 Å². The number of ether oxygens (including phenoxy) is 2. The van der Waals surface area contributed by atoms with Gasteiger partial charge in [-0.2, -0.15) is 4.98 Å². The van der Waals surface area contributed by atoms with Gasteiger partial charge < -0.3 is 9.47 Å². The first kappa shape index (κ1) is 21.0. The molecule has 0 amide bonds. The second-order valence-electron chi connectivity index (χ2n) is 6.99. The minimum Gasteiger partial charge on any atom is -0.465 e. The summed E-state index contributed by atoms with van der Waals surface area (Å²) >= 11 is 1.46. The summed E-state index contributed by atoms with van der Waals surface area (Å²) in [6.45, 7) is 3.72. The van der Waals surface area contributed by atoms with Crippen molar-refractivity contribution in [1.82, 2.24) is 14.9 Å². The first-order valence-corrected chi connectivity index (χ1v) is 10.9. The van der Waals surface area contributed by atoms with Crippen molar-refractivity contribution in [3.05, 3.63) is 84.1 Å². The minimum atomic E-state index is -0.220. The lowest BCUT2D eigenvalue weighted by molar-refractivity contribution is -0.144. The number of benzene rings is 2. The number of pyridine rings is 1. The average molecular weight is 434 g/mol. The molecule has 6 nitrogen and oxygen atoms in total. The number of hydrogen-bond acceptors (Lipinski definition) is 7. The molecule has 0 radical (unpaired) electrons. The van der Waals surface area contributed by atoms with Crippen molar-refractivity contribution in [3.63, 3.8) is 0 Å². The molecule has 0 saturated heterocycles. The number of carbonyl (C=O) groups is 1. The smallest absolute Gasteiger partial charge is 0.320 e. The van der Waals surface area contributed by atoms with Crippen molar-refractivity contribution < 1.29 is 14.3 Å². The van der Waals surface area contributed by atoms with Crippen molar-refractivity contribution in [2.45, 2.75) is 20.0 Å². The molecule has 0 N–H and O–H groups in total. The van der Waals surface area contributed by atoms with E-state index in [0.717, 1.165) is 15.8 Å². The fourth-order valence-electron chi connectivity index (χ4n) is 3.21. The Hall–Kier alpha value is -3.29. The van der Waals surface area contributed by atoms with Gasteiger partial charge in [-0.15, -0.1) is 0 Å². The van der Waals surface area contributed by atoms with Crippen LogP contribution in [0.3, 0.4) is 0 Å². The highest BCUT2D eigenvalue weighted by Crippen LogP contribution is 2.30. The van der Waals surface area contributed by atoms with Crippen LogP contribution in [0.1, 0.15) is 18.1 Å². The van der Waals surface area contributed by atoms with Crippen LogP contribution in [0.15, 0.2) is 72.9 Å².